The van der Waals surface area contributed by atoms with Crippen molar-refractivity contribution in [3.05, 3.63) is 53.3 Å². The van der Waals surface area contributed by atoms with Crippen molar-refractivity contribution in [2.24, 2.45) is 0 Å². The van der Waals surface area contributed by atoms with Gasteiger partial charge in [-0.2, -0.15) is 0 Å². The summed E-state index contributed by atoms with van der Waals surface area (Å²) in [6.45, 7) is 9.55. The van der Waals surface area contributed by atoms with Gasteiger partial charge in [-0.05, 0) is 43.7 Å². The minimum atomic E-state index is 0.517. The summed E-state index contributed by atoms with van der Waals surface area (Å²) in [6.07, 6.45) is 0. The molecule has 0 fully saturated rings. The largest absolute Gasteiger partial charge is 0.319 e. The number of aryl methyl sites for hydroxylation is 2. The van der Waals surface area contributed by atoms with Gasteiger partial charge in [0.05, 0.1) is 0 Å². The van der Waals surface area contributed by atoms with E-state index in [1.165, 1.54) is 22.6 Å². The molecule has 18 heavy (non-hydrogen) atoms. The van der Waals surface area contributed by atoms with Crippen LogP contribution in [0.2, 0.25) is 0 Å². The van der Waals surface area contributed by atoms with Gasteiger partial charge in [0.25, 0.3) is 0 Å². The average Bonchev–Trinajstić information content (AvgIpc) is 2.67. The van der Waals surface area contributed by atoms with Crippen LogP contribution in [0, 0.1) is 13.8 Å². The molecule has 2 aromatic rings. The van der Waals surface area contributed by atoms with Gasteiger partial charge >= 0.3 is 0 Å². The van der Waals surface area contributed by atoms with Crippen LogP contribution in [0.5, 0.6) is 0 Å². The number of aromatic nitrogens is 1. The van der Waals surface area contributed by atoms with E-state index in [0.29, 0.717) is 6.04 Å². The first kappa shape index (κ1) is 12.9. The maximum atomic E-state index is 3.45. The minimum Gasteiger partial charge on any atom is -0.319 e. The average molecular weight is 242 g/mol. The first-order valence-electron chi connectivity index (χ1n) is 6.55. The van der Waals surface area contributed by atoms with E-state index in [4.69, 9.17) is 0 Å². The molecule has 0 aliphatic carbocycles. The van der Waals surface area contributed by atoms with Gasteiger partial charge in [-0.25, -0.2) is 0 Å². The molecule has 2 heteroatoms. The lowest BCUT2D eigenvalue weighted by Gasteiger charge is -2.12. The van der Waals surface area contributed by atoms with Gasteiger partial charge in [0.15, 0.2) is 0 Å². The molecule has 2 rings (SSSR count). The topological polar surface area (TPSA) is 17.0 Å². The lowest BCUT2D eigenvalue weighted by Crippen LogP contribution is -2.21. The van der Waals surface area contributed by atoms with Gasteiger partial charge in [-0.3, -0.25) is 0 Å². The zero-order valence-corrected chi connectivity index (χ0v) is 11.7. The van der Waals surface area contributed by atoms with Crippen LogP contribution in [0.1, 0.15) is 30.8 Å². The van der Waals surface area contributed by atoms with E-state index in [0.717, 1.165) is 6.54 Å². The highest BCUT2D eigenvalue weighted by molar-refractivity contribution is 5.40. The molecular weight excluding hydrogens is 220 g/mol. The van der Waals surface area contributed by atoms with Crippen LogP contribution in [0.4, 0.5) is 0 Å². The number of nitrogens with zero attached hydrogens (tertiary/aromatic N) is 1. The monoisotopic (exact) mass is 242 g/mol. The van der Waals surface area contributed by atoms with Crippen molar-refractivity contribution in [1.82, 2.24) is 9.88 Å². The van der Waals surface area contributed by atoms with Gasteiger partial charge < -0.3 is 9.88 Å². The van der Waals surface area contributed by atoms with Gasteiger partial charge in [-0.1, -0.05) is 26.0 Å². The summed E-state index contributed by atoms with van der Waals surface area (Å²) in [4.78, 5) is 0. The first-order valence-corrected chi connectivity index (χ1v) is 6.55. The summed E-state index contributed by atoms with van der Waals surface area (Å²) in [5.74, 6) is 0. The van der Waals surface area contributed by atoms with Crippen LogP contribution < -0.4 is 5.32 Å². The molecule has 2 nitrogen and oxygen atoms in total. The standard InChI is InChI=1S/C16H22N2/c1-12(2)17-11-15-6-5-7-16(10-15)18-13(3)8-9-14(18)4/h5-10,12,17H,11H2,1-4H3. The van der Waals surface area contributed by atoms with Crippen LogP contribution >= 0.6 is 0 Å². The predicted octanol–water partition coefficient (Wildman–Crippen LogP) is 3.59. The molecule has 0 aliphatic rings. The summed E-state index contributed by atoms with van der Waals surface area (Å²) in [7, 11) is 0. The van der Waals surface area contributed by atoms with Gasteiger partial charge in [0.1, 0.15) is 0 Å². The number of hydrogen-bond donors (Lipinski definition) is 1. The molecule has 1 heterocycles. The Morgan fingerprint density at radius 1 is 1.06 bits per heavy atom. The molecule has 96 valence electrons. The maximum absolute atomic E-state index is 3.45. The van der Waals surface area contributed by atoms with E-state index in [1.807, 2.05) is 0 Å². The van der Waals surface area contributed by atoms with E-state index in [9.17, 15) is 0 Å². The van der Waals surface area contributed by atoms with Crippen molar-refractivity contribution in [3.63, 3.8) is 0 Å². The lowest BCUT2D eigenvalue weighted by atomic mass is 10.2. The molecule has 0 amide bonds. The molecule has 1 N–H and O–H groups in total. The summed E-state index contributed by atoms with van der Waals surface area (Å²) < 4.78 is 2.29. The zero-order chi connectivity index (χ0) is 13.1. The van der Waals surface area contributed by atoms with E-state index in [1.54, 1.807) is 0 Å². The van der Waals surface area contributed by atoms with Gasteiger partial charge in [0, 0.05) is 29.7 Å². The minimum absolute atomic E-state index is 0.517. The van der Waals surface area contributed by atoms with E-state index in [-0.39, 0.29) is 0 Å². The Morgan fingerprint density at radius 3 is 2.33 bits per heavy atom. The number of benzene rings is 1. The molecule has 0 saturated heterocycles. The Hall–Kier alpha value is -1.54. The third-order valence-corrected chi connectivity index (χ3v) is 3.15. The Bertz CT molecular complexity index is 504. The lowest BCUT2D eigenvalue weighted by molar-refractivity contribution is 0.588. The van der Waals surface area contributed by atoms with E-state index < -0.39 is 0 Å². The smallest absolute Gasteiger partial charge is 0.0458 e. The van der Waals surface area contributed by atoms with Crippen LogP contribution in [-0.2, 0) is 6.54 Å². The normalized spacial score (nSPS) is 11.2. The summed E-state index contributed by atoms with van der Waals surface area (Å²) in [5.41, 5.74) is 5.13. The predicted molar refractivity (Wildman–Crippen MR) is 77.2 cm³/mol. The van der Waals surface area contributed by atoms with Gasteiger partial charge in [-0.15, -0.1) is 0 Å². The summed E-state index contributed by atoms with van der Waals surface area (Å²) >= 11 is 0. The molecular formula is C16H22N2. The molecule has 0 bridgehead atoms. The third-order valence-electron chi connectivity index (χ3n) is 3.15. The number of rotatable bonds is 4. The number of hydrogen-bond acceptors (Lipinski definition) is 1. The van der Waals surface area contributed by atoms with E-state index >= 15 is 0 Å². The molecule has 0 atom stereocenters. The van der Waals surface area contributed by atoms with Crippen molar-refractivity contribution < 1.29 is 0 Å². The highest BCUT2D eigenvalue weighted by Gasteiger charge is 2.04. The Kier molecular flexibility index (Phi) is 3.87. The Morgan fingerprint density at radius 2 is 1.72 bits per heavy atom. The Balaban J connectivity index is 2.27. The second-order valence-corrected chi connectivity index (χ2v) is 5.16. The quantitative estimate of drug-likeness (QED) is 0.867. The highest BCUT2D eigenvalue weighted by Crippen LogP contribution is 2.17. The molecule has 0 saturated carbocycles. The fraction of sp³-hybridized carbons (Fsp3) is 0.375. The van der Waals surface area contributed by atoms with Crippen molar-refractivity contribution in [1.29, 1.82) is 0 Å². The first-order chi connectivity index (χ1) is 8.58. The van der Waals surface area contributed by atoms with Crippen molar-refractivity contribution in [2.75, 3.05) is 0 Å². The highest BCUT2D eigenvalue weighted by atomic mass is 15.0. The number of nitrogens with one attached hydrogen (secondary N) is 1. The Labute approximate surface area is 110 Å². The van der Waals surface area contributed by atoms with Crippen molar-refractivity contribution in [3.8, 4) is 5.69 Å². The van der Waals surface area contributed by atoms with E-state index in [2.05, 4.69) is 74.0 Å². The fourth-order valence-electron chi connectivity index (χ4n) is 2.20. The van der Waals surface area contributed by atoms with Crippen LogP contribution in [0.15, 0.2) is 36.4 Å². The van der Waals surface area contributed by atoms with Crippen LogP contribution in [-0.4, -0.2) is 10.6 Å². The zero-order valence-electron chi connectivity index (χ0n) is 11.7. The molecule has 0 radical (unpaired) electrons. The molecule has 0 aliphatic heterocycles. The van der Waals surface area contributed by atoms with Crippen molar-refractivity contribution >= 4 is 0 Å². The fourth-order valence-corrected chi connectivity index (χ4v) is 2.20. The second kappa shape index (κ2) is 5.40. The summed E-state index contributed by atoms with van der Waals surface area (Å²) in [6, 6.07) is 13.6. The van der Waals surface area contributed by atoms with Crippen LogP contribution in [0.25, 0.3) is 5.69 Å². The second-order valence-electron chi connectivity index (χ2n) is 5.16. The molecule has 1 aromatic heterocycles. The maximum Gasteiger partial charge on any atom is 0.0458 e. The molecule has 0 unspecified atom stereocenters. The SMILES string of the molecule is Cc1ccc(C)n1-c1cccc(CNC(C)C)c1. The molecule has 0 spiro atoms. The van der Waals surface area contributed by atoms with Gasteiger partial charge in [0.2, 0.25) is 0 Å². The third kappa shape index (κ3) is 2.82. The summed E-state index contributed by atoms with van der Waals surface area (Å²) in [5, 5.41) is 3.45. The van der Waals surface area contributed by atoms with Crippen LogP contribution in [0.3, 0.4) is 0 Å². The van der Waals surface area contributed by atoms with Crippen molar-refractivity contribution in [2.45, 2.75) is 40.3 Å². The molecule has 1 aromatic carbocycles.